The average Bonchev–Trinajstić information content (AvgIpc) is 3.34. The minimum atomic E-state index is -1.03. The van der Waals surface area contributed by atoms with E-state index in [-0.39, 0.29) is 17.6 Å². The molecule has 0 aliphatic heterocycles. The van der Waals surface area contributed by atoms with E-state index in [0.717, 1.165) is 59.8 Å². The number of fused-ring (bicyclic) bond motifs is 1. The van der Waals surface area contributed by atoms with Crippen LogP contribution in [0, 0.1) is 0 Å². The zero-order valence-corrected chi connectivity index (χ0v) is 16.2. The molecule has 1 amide bonds. The van der Waals surface area contributed by atoms with E-state index in [1.807, 2.05) is 30.3 Å². The normalized spacial score (nSPS) is 17.6. The number of carbonyl (C=O) groups is 1. The molecule has 2 aliphatic rings. The van der Waals surface area contributed by atoms with Gasteiger partial charge in [-0.3, -0.25) is 9.00 Å². The van der Waals surface area contributed by atoms with Gasteiger partial charge in [-0.1, -0.05) is 25.0 Å². The van der Waals surface area contributed by atoms with Gasteiger partial charge in [0.1, 0.15) is 5.03 Å². The van der Waals surface area contributed by atoms with Gasteiger partial charge in [-0.15, -0.1) is 0 Å². The molecule has 27 heavy (non-hydrogen) atoms. The molecule has 2 aromatic rings. The van der Waals surface area contributed by atoms with E-state index in [4.69, 9.17) is 10.7 Å². The minimum Gasteiger partial charge on any atom is -0.369 e. The molecule has 1 aromatic carbocycles. The smallest absolute Gasteiger partial charge is 0.221 e. The lowest BCUT2D eigenvalue weighted by Crippen LogP contribution is -2.13. The Morgan fingerprint density at radius 3 is 2.59 bits per heavy atom. The standard InChI is InChI=1S/C21H25N3O2S/c22-20(25)12-14-8-10-15(11-9-14)23-19-13-21(24-18-7-3-6-17(18)19)27(26)16-4-1-2-5-16/h8-11,13,16H,1-7,12H2,(H2,22,25)(H,23,24). The molecule has 1 fully saturated rings. The van der Waals surface area contributed by atoms with Crippen molar-refractivity contribution in [2.75, 3.05) is 5.32 Å². The molecule has 0 radical (unpaired) electrons. The zero-order chi connectivity index (χ0) is 18.8. The second kappa shape index (κ2) is 7.80. The highest BCUT2D eigenvalue weighted by molar-refractivity contribution is 7.85. The van der Waals surface area contributed by atoms with Crippen molar-refractivity contribution in [3.8, 4) is 0 Å². The molecule has 0 spiro atoms. The number of primary amides is 1. The summed E-state index contributed by atoms with van der Waals surface area (Å²) in [6, 6.07) is 9.70. The highest BCUT2D eigenvalue weighted by Gasteiger charge is 2.26. The number of nitrogens with one attached hydrogen (secondary N) is 1. The van der Waals surface area contributed by atoms with Crippen LogP contribution in [0.4, 0.5) is 11.4 Å². The third-order valence-corrected chi connectivity index (χ3v) is 7.15. The summed E-state index contributed by atoms with van der Waals surface area (Å²) in [7, 11) is -1.03. The van der Waals surface area contributed by atoms with E-state index in [2.05, 4.69) is 5.32 Å². The fourth-order valence-electron chi connectivity index (χ4n) is 4.07. The molecule has 6 heteroatoms. The van der Waals surface area contributed by atoms with E-state index < -0.39 is 10.8 Å². The molecule has 1 unspecified atom stereocenters. The maximum Gasteiger partial charge on any atom is 0.221 e. The summed E-state index contributed by atoms with van der Waals surface area (Å²) >= 11 is 0. The zero-order valence-electron chi connectivity index (χ0n) is 15.4. The fourth-order valence-corrected chi connectivity index (χ4v) is 5.60. The van der Waals surface area contributed by atoms with Crippen molar-refractivity contribution in [1.29, 1.82) is 0 Å². The Kier molecular flexibility index (Phi) is 5.25. The average molecular weight is 384 g/mol. The molecule has 0 bridgehead atoms. The number of aryl methyl sites for hydroxylation is 1. The number of anilines is 2. The van der Waals surface area contributed by atoms with Gasteiger partial charge in [-0.05, 0) is 61.4 Å². The maximum atomic E-state index is 13.0. The largest absolute Gasteiger partial charge is 0.369 e. The van der Waals surface area contributed by atoms with Crippen molar-refractivity contribution in [1.82, 2.24) is 4.98 Å². The lowest BCUT2D eigenvalue weighted by atomic mass is 10.1. The molecular weight excluding hydrogens is 358 g/mol. The first-order chi connectivity index (χ1) is 13.1. The summed E-state index contributed by atoms with van der Waals surface area (Å²) in [6.07, 6.45) is 7.71. The van der Waals surface area contributed by atoms with Crippen molar-refractivity contribution in [3.05, 3.63) is 47.2 Å². The van der Waals surface area contributed by atoms with Crippen molar-refractivity contribution in [3.63, 3.8) is 0 Å². The Morgan fingerprint density at radius 2 is 1.89 bits per heavy atom. The SMILES string of the molecule is NC(=O)Cc1ccc(Nc2cc(S(=O)C3CCCC3)nc3c2CCC3)cc1. The highest BCUT2D eigenvalue weighted by Crippen LogP contribution is 2.34. The summed E-state index contributed by atoms with van der Waals surface area (Å²) in [5, 5.41) is 4.45. The highest BCUT2D eigenvalue weighted by atomic mass is 32.2. The van der Waals surface area contributed by atoms with E-state index in [0.29, 0.717) is 0 Å². The third-order valence-electron chi connectivity index (χ3n) is 5.45. The molecule has 142 valence electrons. The van der Waals surface area contributed by atoms with Crippen molar-refractivity contribution in [2.24, 2.45) is 5.73 Å². The van der Waals surface area contributed by atoms with Crippen LogP contribution in [0.3, 0.4) is 0 Å². The van der Waals surface area contributed by atoms with Gasteiger partial charge in [0.2, 0.25) is 5.91 Å². The number of carbonyl (C=O) groups excluding carboxylic acids is 1. The lowest BCUT2D eigenvalue weighted by Gasteiger charge is -2.15. The van der Waals surface area contributed by atoms with Crippen molar-refractivity contribution >= 4 is 28.1 Å². The van der Waals surface area contributed by atoms with E-state index in [1.54, 1.807) is 0 Å². The van der Waals surface area contributed by atoms with Crippen LogP contribution in [0.2, 0.25) is 0 Å². The number of rotatable bonds is 6. The fraction of sp³-hybridized carbons (Fsp3) is 0.429. The number of benzene rings is 1. The molecule has 1 heterocycles. The monoisotopic (exact) mass is 383 g/mol. The molecule has 2 aliphatic carbocycles. The van der Waals surface area contributed by atoms with E-state index in [9.17, 15) is 9.00 Å². The van der Waals surface area contributed by atoms with Crippen molar-refractivity contribution < 1.29 is 9.00 Å². The molecule has 4 rings (SSSR count). The Morgan fingerprint density at radius 1 is 1.15 bits per heavy atom. The van der Waals surface area contributed by atoms with Crippen LogP contribution in [0.25, 0.3) is 0 Å². The van der Waals surface area contributed by atoms with Crippen LogP contribution in [-0.2, 0) is 34.9 Å². The summed E-state index contributed by atoms with van der Waals surface area (Å²) in [6.45, 7) is 0. The van der Waals surface area contributed by atoms with Gasteiger partial charge < -0.3 is 11.1 Å². The number of pyridine rings is 1. The minimum absolute atomic E-state index is 0.245. The Bertz CT molecular complexity index is 874. The van der Waals surface area contributed by atoms with Gasteiger partial charge in [0.25, 0.3) is 0 Å². The second-order valence-corrected chi connectivity index (χ2v) is 9.14. The van der Waals surface area contributed by atoms with Gasteiger partial charge in [-0.2, -0.15) is 0 Å². The Labute approximate surface area is 162 Å². The molecule has 5 nitrogen and oxygen atoms in total. The first kappa shape index (κ1) is 18.2. The molecule has 1 atom stereocenters. The van der Waals surface area contributed by atoms with Crippen molar-refractivity contribution in [2.45, 2.75) is 61.6 Å². The van der Waals surface area contributed by atoms with Gasteiger partial charge in [0, 0.05) is 22.3 Å². The van der Waals surface area contributed by atoms with Crippen LogP contribution in [0.15, 0.2) is 35.4 Å². The molecule has 0 saturated heterocycles. The van der Waals surface area contributed by atoms with E-state index in [1.165, 1.54) is 18.4 Å². The predicted molar refractivity (Wildman–Crippen MR) is 108 cm³/mol. The second-order valence-electron chi connectivity index (χ2n) is 7.46. The molecule has 3 N–H and O–H groups in total. The van der Waals surface area contributed by atoms with Crippen LogP contribution >= 0.6 is 0 Å². The van der Waals surface area contributed by atoms with Crippen LogP contribution in [0.5, 0.6) is 0 Å². The summed E-state index contributed by atoms with van der Waals surface area (Å²) in [4.78, 5) is 15.8. The first-order valence-corrected chi connectivity index (χ1v) is 10.9. The molecular formula is C21H25N3O2S. The van der Waals surface area contributed by atoms with Gasteiger partial charge in [0.05, 0.1) is 17.2 Å². The van der Waals surface area contributed by atoms with Crippen LogP contribution in [-0.4, -0.2) is 20.3 Å². The predicted octanol–water partition coefficient (Wildman–Crippen LogP) is 3.39. The van der Waals surface area contributed by atoms with Gasteiger partial charge in [0.15, 0.2) is 0 Å². The number of amides is 1. The van der Waals surface area contributed by atoms with Gasteiger partial charge in [-0.25, -0.2) is 4.98 Å². The molecule has 1 aromatic heterocycles. The van der Waals surface area contributed by atoms with E-state index >= 15 is 0 Å². The lowest BCUT2D eigenvalue weighted by molar-refractivity contribution is -0.117. The Balaban J connectivity index is 1.60. The van der Waals surface area contributed by atoms with Gasteiger partial charge >= 0.3 is 0 Å². The Hall–Kier alpha value is -2.21. The summed E-state index contributed by atoms with van der Waals surface area (Å²) in [5.74, 6) is -0.332. The topological polar surface area (TPSA) is 85.1 Å². The number of hydrogen-bond acceptors (Lipinski definition) is 4. The summed E-state index contributed by atoms with van der Waals surface area (Å²) in [5.41, 5.74) is 10.4. The van der Waals surface area contributed by atoms with Crippen LogP contribution < -0.4 is 11.1 Å². The molecule has 1 saturated carbocycles. The number of nitrogens with two attached hydrogens (primary N) is 1. The third kappa shape index (κ3) is 4.05. The number of aromatic nitrogens is 1. The van der Waals surface area contributed by atoms with Crippen LogP contribution in [0.1, 0.15) is 48.9 Å². The number of nitrogens with zero attached hydrogens (tertiary/aromatic N) is 1. The first-order valence-electron chi connectivity index (χ1n) is 9.68. The number of hydrogen-bond donors (Lipinski definition) is 2. The maximum absolute atomic E-state index is 13.0. The quantitative estimate of drug-likeness (QED) is 0.801. The summed E-state index contributed by atoms with van der Waals surface area (Å²) < 4.78 is 13.0.